The molecule has 2 aliphatic heterocycles. The first-order valence-electron chi connectivity index (χ1n) is 9.66. The molecule has 1 N–H and O–H groups in total. The van der Waals surface area contributed by atoms with Crippen molar-refractivity contribution in [2.45, 2.75) is 25.4 Å². The molecule has 1 saturated heterocycles. The van der Waals surface area contributed by atoms with Crippen LogP contribution in [0.5, 0.6) is 11.5 Å². The van der Waals surface area contributed by atoms with Crippen LogP contribution >= 0.6 is 0 Å². The van der Waals surface area contributed by atoms with Crippen LogP contribution in [0.3, 0.4) is 0 Å². The number of pyridine rings is 1. The lowest BCUT2D eigenvalue weighted by Crippen LogP contribution is -2.45. The number of carbonyl (C=O) groups excluding carboxylic acids is 1. The average molecular weight is 379 g/mol. The van der Waals surface area contributed by atoms with Crippen LogP contribution in [0.25, 0.3) is 6.08 Å². The summed E-state index contributed by atoms with van der Waals surface area (Å²) in [6, 6.07) is 11.9. The molecule has 6 heteroatoms. The van der Waals surface area contributed by atoms with Crippen LogP contribution < -0.4 is 14.8 Å². The number of aromatic nitrogens is 1. The molecule has 1 aromatic carbocycles. The number of nitrogens with one attached hydrogen (secondary N) is 1. The van der Waals surface area contributed by atoms with Crippen LogP contribution in [0.15, 0.2) is 48.2 Å². The minimum absolute atomic E-state index is 0.0448. The first kappa shape index (κ1) is 18.5. The first-order chi connectivity index (χ1) is 13.7. The minimum atomic E-state index is -0.0448. The van der Waals surface area contributed by atoms with Gasteiger partial charge in [-0.15, -0.1) is 0 Å². The summed E-state index contributed by atoms with van der Waals surface area (Å²) in [5.41, 5.74) is 2.61. The molecule has 6 nitrogen and oxygen atoms in total. The highest BCUT2D eigenvalue weighted by Gasteiger charge is 2.24. The number of piperidine rings is 1. The predicted octanol–water partition coefficient (Wildman–Crippen LogP) is 2.65. The zero-order valence-corrected chi connectivity index (χ0v) is 16.1. The normalized spacial score (nSPS) is 17.2. The van der Waals surface area contributed by atoms with Crippen LogP contribution in [0.1, 0.15) is 24.1 Å². The summed E-state index contributed by atoms with van der Waals surface area (Å²) in [5.74, 6) is 1.34. The van der Waals surface area contributed by atoms with E-state index in [1.165, 1.54) is 0 Å². The van der Waals surface area contributed by atoms with Crippen molar-refractivity contribution in [3.63, 3.8) is 0 Å². The van der Waals surface area contributed by atoms with Gasteiger partial charge in [-0.3, -0.25) is 14.7 Å². The summed E-state index contributed by atoms with van der Waals surface area (Å²) in [4.78, 5) is 19.5. The Morgan fingerprint density at radius 2 is 2.11 bits per heavy atom. The molecule has 2 aliphatic rings. The maximum absolute atomic E-state index is 12.7. The molecular weight excluding hydrogens is 354 g/mol. The van der Waals surface area contributed by atoms with Gasteiger partial charge in [-0.05, 0) is 37.1 Å². The molecule has 0 spiro atoms. The van der Waals surface area contributed by atoms with Gasteiger partial charge in [0.1, 0.15) is 6.61 Å². The van der Waals surface area contributed by atoms with Crippen molar-refractivity contribution in [1.82, 2.24) is 15.2 Å². The summed E-state index contributed by atoms with van der Waals surface area (Å²) in [6.45, 7) is 3.03. The molecule has 0 saturated carbocycles. The summed E-state index contributed by atoms with van der Waals surface area (Å²) in [5, 5.41) is 3.17. The van der Waals surface area contributed by atoms with Gasteiger partial charge in [0.05, 0.1) is 18.4 Å². The van der Waals surface area contributed by atoms with E-state index in [0.717, 1.165) is 43.7 Å². The van der Waals surface area contributed by atoms with E-state index in [4.69, 9.17) is 9.47 Å². The minimum Gasteiger partial charge on any atom is -0.493 e. The fourth-order valence-corrected chi connectivity index (χ4v) is 3.71. The summed E-state index contributed by atoms with van der Waals surface area (Å²) in [6.07, 6.45) is 5.61. The van der Waals surface area contributed by atoms with E-state index in [1.807, 2.05) is 42.6 Å². The highest BCUT2D eigenvalue weighted by Crippen LogP contribution is 2.35. The van der Waals surface area contributed by atoms with Gasteiger partial charge in [0.2, 0.25) is 0 Å². The number of carbonyl (C=O) groups is 1. The van der Waals surface area contributed by atoms with E-state index in [2.05, 4.69) is 21.3 Å². The highest BCUT2D eigenvalue weighted by atomic mass is 16.5. The van der Waals surface area contributed by atoms with Crippen molar-refractivity contribution < 1.29 is 14.3 Å². The fraction of sp³-hybridized carbons (Fsp3) is 0.364. The van der Waals surface area contributed by atoms with Gasteiger partial charge in [-0.2, -0.15) is 0 Å². The monoisotopic (exact) mass is 379 g/mol. The van der Waals surface area contributed by atoms with Gasteiger partial charge < -0.3 is 14.8 Å². The molecule has 28 heavy (non-hydrogen) atoms. The van der Waals surface area contributed by atoms with Crippen LogP contribution in [0, 0.1) is 0 Å². The van der Waals surface area contributed by atoms with Crippen molar-refractivity contribution in [2.24, 2.45) is 0 Å². The number of nitrogens with zero attached hydrogens (tertiary/aromatic N) is 2. The maximum atomic E-state index is 12.7. The zero-order chi connectivity index (χ0) is 19.3. The van der Waals surface area contributed by atoms with E-state index in [0.29, 0.717) is 17.1 Å². The third-order valence-corrected chi connectivity index (χ3v) is 5.26. The van der Waals surface area contributed by atoms with Gasteiger partial charge in [0, 0.05) is 37.4 Å². The lowest BCUT2D eigenvalue weighted by atomic mass is 10.0. The number of fused-ring (bicyclic) bond motifs is 1. The Morgan fingerprint density at radius 3 is 2.86 bits per heavy atom. The fourth-order valence-electron chi connectivity index (χ4n) is 3.71. The SMILES string of the molecule is COc1cccc2c1OCC(C(=O)NC1CCN(Cc3ccccn3)CC1)=C2. The Hall–Kier alpha value is -2.86. The zero-order valence-electron chi connectivity index (χ0n) is 16.1. The van der Waals surface area contributed by atoms with E-state index >= 15 is 0 Å². The smallest absolute Gasteiger partial charge is 0.250 e. The molecule has 146 valence electrons. The number of ether oxygens (including phenoxy) is 2. The predicted molar refractivity (Wildman–Crippen MR) is 107 cm³/mol. The number of rotatable bonds is 5. The molecule has 2 aromatic rings. The first-order valence-corrected chi connectivity index (χ1v) is 9.66. The average Bonchev–Trinajstić information content (AvgIpc) is 2.75. The molecular formula is C22H25N3O3. The van der Waals surface area contributed by atoms with Crippen LogP contribution in [-0.4, -0.2) is 48.6 Å². The number of hydrogen-bond acceptors (Lipinski definition) is 5. The summed E-state index contributed by atoms with van der Waals surface area (Å²) >= 11 is 0. The van der Waals surface area contributed by atoms with Gasteiger partial charge >= 0.3 is 0 Å². The standard InChI is InChI=1S/C22H25N3O3/c1-27-20-7-4-5-16-13-17(15-28-21(16)20)22(26)24-18-8-11-25(12-9-18)14-19-6-2-3-10-23-19/h2-7,10,13,18H,8-9,11-12,14-15H2,1H3,(H,24,26). The van der Waals surface area contributed by atoms with Gasteiger partial charge in [0.15, 0.2) is 11.5 Å². The van der Waals surface area contributed by atoms with Crippen molar-refractivity contribution in [3.8, 4) is 11.5 Å². The summed E-state index contributed by atoms with van der Waals surface area (Å²) < 4.78 is 11.1. The Bertz CT molecular complexity index is 859. The number of amides is 1. The van der Waals surface area contributed by atoms with Gasteiger partial charge in [-0.25, -0.2) is 0 Å². The molecule has 3 heterocycles. The molecule has 1 fully saturated rings. The molecule has 0 aliphatic carbocycles. The number of benzene rings is 1. The number of methoxy groups -OCH3 is 1. The molecule has 1 aromatic heterocycles. The number of hydrogen-bond donors (Lipinski definition) is 1. The molecule has 0 radical (unpaired) electrons. The second kappa shape index (κ2) is 8.44. The van der Waals surface area contributed by atoms with E-state index in [9.17, 15) is 4.79 Å². The van der Waals surface area contributed by atoms with Crippen LogP contribution in [0.2, 0.25) is 0 Å². The second-order valence-corrected chi connectivity index (χ2v) is 7.18. The second-order valence-electron chi connectivity index (χ2n) is 7.18. The van der Waals surface area contributed by atoms with Crippen LogP contribution in [-0.2, 0) is 11.3 Å². The molecule has 0 atom stereocenters. The number of likely N-dealkylation sites (tertiary alicyclic amines) is 1. The Balaban J connectivity index is 1.32. The Kier molecular flexibility index (Phi) is 5.58. The van der Waals surface area contributed by atoms with Crippen molar-refractivity contribution in [3.05, 3.63) is 59.4 Å². The molecule has 0 bridgehead atoms. The topological polar surface area (TPSA) is 63.7 Å². The van der Waals surface area contributed by atoms with Crippen LogP contribution in [0.4, 0.5) is 0 Å². The Labute approximate surface area is 165 Å². The van der Waals surface area contributed by atoms with Crippen molar-refractivity contribution in [1.29, 1.82) is 0 Å². The van der Waals surface area contributed by atoms with Crippen molar-refractivity contribution in [2.75, 3.05) is 26.8 Å². The van der Waals surface area contributed by atoms with E-state index < -0.39 is 0 Å². The molecule has 4 rings (SSSR count). The lowest BCUT2D eigenvalue weighted by Gasteiger charge is -2.32. The van der Waals surface area contributed by atoms with E-state index in [1.54, 1.807) is 7.11 Å². The lowest BCUT2D eigenvalue weighted by molar-refractivity contribution is -0.118. The van der Waals surface area contributed by atoms with Gasteiger partial charge in [0.25, 0.3) is 5.91 Å². The Morgan fingerprint density at radius 1 is 1.25 bits per heavy atom. The molecule has 0 unspecified atom stereocenters. The highest BCUT2D eigenvalue weighted by molar-refractivity contribution is 5.99. The third kappa shape index (κ3) is 4.17. The van der Waals surface area contributed by atoms with Crippen molar-refractivity contribution >= 4 is 12.0 Å². The number of para-hydroxylation sites is 1. The molecule has 1 amide bonds. The quantitative estimate of drug-likeness (QED) is 0.865. The van der Waals surface area contributed by atoms with Gasteiger partial charge in [-0.1, -0.05) is 18.2 Å². The summed E-state index contributed by atoms with van der Waals surface area (Å²) in [7, 11) is 1.62. The third-order valence-electron chi connectivity index (χ3n) is 5.26. The largest absolute Gasteiger partial charge is 0.493 e. The van der Waals surface area contributed by atoms with E-state index in [-0.39, 0.29) is 18.6 Å². The maximum Gasteiger partial charge on any atom is 0.250 e.